The third kappa shape index (κ3) is 2.67. The van der Waals surface area contributed by atoms with Gasteiger partial charge >= 0.3 is 0 Å². The van der Waals surface area contributed by atoms with Gasteiger partial charge in [0.05, 0.1) is 0 Å². The van der Waals surface area contributed by atoms with Crippen molar-refractivity contribution >= 4 is 5.91 Å². The summed E-state index contributed by atoms with van der Waals surface area (Å²) in [6.45, 7) is 1.17. The number of aliphatic hydroxyl groups is 5. The highest BCUT2D eigenvalue weighted by molar-refractivity contribution is 5.73. The van der Waals surface area contributed by atoms with Crippen molar-refractivity contribution in [3.8, 4) is 0 Å². The van der Waals surface area contributed by atoms with Crippen molar-refractivity contribution < 1.29 is 35.1 Å². The third-order valence-corrected chi connectivity index (χ3v) is 2.32. The molecule has 16 heavy (non-hydrogen) atoms. The molecule has 0 aromatic carbocycles. The van der Waals surface area contributed by atoms with Crippen LogP contribution >= 0.6 is 0 Å². The lowest BCUT2D eigenvalue weighted by Crippen LogP contribution is -2.65. The van der Waals surface area contributed by atoms with Crippen LogP contribution in [0.3, 0.4) is 0 Å². The molecule has 0 spiro atoms. The van der Waals surface area contributed by atoms with Crippen LogP contribution in [0.15, 0.2) is 0 Å². The van der Waals surface area contributed by atoms with E-state index in [9.17, 15) is 20.1 Å². The molecule has 0 aromatic rings. The topological polar surface area (TPSA) is 139 Å². The van der Waals surface area contributed by atoms with Gasteiger partial charge in [-0.3, -0.25) is 4.79 Å². The van der Waals surface area contributed by atoms with Crippen molar-refractivity contribution in [2.75, 3.05) is 0 Å². The van der Waals surface area contributed by atoms with Gasteiger partial charge < -0.3 is 35.6 Å². The molecule has 8 nitrogen and oxygen atoms in total. The molecule has 8 heteroatoms. The van der Waals surface area contributed by atoms with Gasteiger partial charge in [0.1, 0.15) is 24.4 Å². The van der Waals surface area contributed by atoms with E-state index in [1.807, 2.05) is 0 Å². The number of ether oxygens (including phenoxy) is 1. The van der Waals surface area contributed by atoms with Crippen molar-refractivity contribution in [1.82, 2.24) is 5.32 Å². The summed E-state index contributed by atoms with van der Waals surface area (Å²) in [5.41, 5.74) is 0. The molecule has 0 radical (unpaired) electrons. The van der Waals surface area contributed by atoms with Gasteiger partial charge in [-0.15, -0.1) is 0 Å². The maximum absolute atomic E-state index is 10.8. The molecular formula is C8H15NO7. The predicted molar refractivity (Wildman–Crippen MR) is 48.7 cm³/mol. The Morgan fingerprint density at radius 1 is 1.25 bits per heavy atom. The van der Waals surface area contributed by atoms with Gasteiger partial charge in [-0.05, 0) is 0 Å². The fourth-order valence-corrected chi connectivity index (χ4v) is 1.54. The lowest BCUT2D eigenvalue weighted by atomic mass is 9.96. The van der Waals surface area contributed by atoms with E-state index in [2.05, 4.69) is 10.1 Å². The average molecular weight is 237 g/mol. The molecule has 1 heterocycles. The number of hydrogen-bond donors (Lipinski definition) is 6. The lowest BCUT2D eigenvalue weighted by Gasteiger charge is -2.41. The molecule has 0 saturated carbocycles. The van der Waals surface area contributed by atoms with Crippen LogP contribution < -0.4 is 5.32 Å². The van der Waals surface area contributed by atoms with Crippen molar-refractivity contribution in [2.24, 2.45) is 0 Å². The quantitative estimate of drug-likeness (QED) is 0.271. The summed E-state index contributed by atoms with van der Waals surface area (Å²) >= 11 is 0. The zero-order chi connectivity index (χ0) is 12.5. The molecule has 6 N–H and O–H groups in total. The van der Waals surface area contributed by atoms with Gasteiger partial charge in [-0.25, -0.2) is 0 Å². The fourth-order valence-electron chi connectivity index (χ4n) is 1.54. The molecule has 0 unspecified atom stereocenters. The van der Waals surface area contributed by atoms with Crippen LogP contribution in [0, 0.1) is 0 Å². The Bertz CT molecular complexity index is 259. The van der Waals surface area contributed by atoms with E-state index in [1.165, 1.54) is 6.92 Å². The second-order valence-corrected chi connectivity index (χ2v) is 3.61. The Balaban J connectivity index is 2.75. The van der Waals surface area contributed by atoms with Crippen molar-refractivity contribution in [3.63, 3.8) is 0 Å². The predicted octanol–water partition coefficient (Wildman–Crippen LogP) is -3.76. The van der Waals surface area contributed by atoms with Crippen LogP contribution in [0.1, 0.15) is 6.92 Å². The molecule has 1 amide bonds. The number of carbonyl (C=O) groups is 1. The number of rotatable bonds is 2. The summed E-state index contributed by atoms with van der Waals surface area (Å²) in [6, 6.07) is -1.22. The molecule has 1 aliphatic rings. The maximum Gasteiger partial charge on any atom is 0.217 e. The zero-order valence-electron chi connectivity index (χ0n) is 8.52. The summed E-state index contributed by atoms with van der Waals surface area (Å²) in [5, 5.41) is 48.2. The Kier molecular flexibility index (Phi) is 4.19. The normalized spacial score (nSPS) is 39.8. The van der Waals surface area contributed by atoms with E-state index in [0.29, 0.717) is 0 Å². The summed E-state index contributed by atoms with van der Waals surface area (Å²) in [7, 11) is 0. The minimum absolute atomic E-state index is 0.526. The standard InChI is InChI=1S/C8H15NO7/c1-2(10)9-3-4(11)5(12)6(7(13)14)16-8(3)15/h3-8,11-15H,1H3,(H,9,10)/t3-,4-,5+,6+,8-/m1/s1. The average Bonchev–Trinajstić information content (AvgIpc) is 2.17. The minimum atomic E-state index is -2.04. The van der Waals surface area contributed by atoms with Crippen molar-refractivity contribution in [3.05, 3.63) is 0 Å². The number of hydrogen-bond acceptors (Lipinski definition) is 7. The maximum atomic E-state index is 10.8. The molecule has 0 aliphatic carbocycles. The first-order valence-corrected chi connectivity index (χ1v) is 4.67. The van der Waals surface area contributed by atoms with Gasteiger partial charge in [0.2, 0.25) is 5.91 Å². The molecular weight excluding hydrogens is 222 g/mol. The van der Waals surface area contributed by atoms with E-state index in [4.69, 9.17) is 10.2 Å². The summed E-state index contributed by atoms with van der Waals surface area (Å²) < 4.78 is 4.67. The van der Waals surface area contributed by atoms with Crippen LogP contribution in [0.2, 0.25) is 0 Å². The van der Waals surface area contributed by atoms with Crippen molar-refractivity contribution in [1.29, 1.82) is 0 Å². The first-order valence-electron chi connectivity index (χ1n) is 4.67. The first kappa shape index (κ1) is 13.3. The van der Waals surface area contributed by atoms with E-state index in [0.717, 1.165) is 0 Å². The van der Waals surface area contributed by atoms with Crippen LogP contribution in [-0.2, 0) is 9.53 Å². The van der Waals surface area contributed by atoms with Crippen molar-refractivity contribution in [2.45, 2.75) is 43.9 Å². The lowest BCUT2D eigenvalue weighted by molar-refractivity contribution is -0.293. The van der Waals surface area contributed by atoms with Gasteiger partial charge in [-0.2, -0.15) is 0 Å². The highest BCUT2D eigenvalue weighted by Gasteiger charge is 2.46. The Labute approximate surface area is 91.1 Å². The molecule has 0 bridgehead atoms. The largest absolute Gasteiger partial charge is 0.388 e. The molecule has 1 rings (SSSR count). The van der Waals surface area contributed by atoms with Gasteiger partial charge in [0, 0.05) is 6.92 Å². The van der Waals surface area contributed by atoms with Gasteiger partial charge in [-0.1, -0.05) is 0 Å². The number of amides is 1. The summed E-state index contributed by atoms with van der Waals surface area (Å²) in [5.74, 6) is -0.526. The van der Waals surface area contributed by atoms with Crippen LogP contribution in [-0.4, -0.2) is 68.4 Å². The third-order valence-electron chi connectivity index (χ3n) is 2.32. The van der Waals surface area contributed by atoms with Crippen LogP contribution in [0.25, 0.3) is 0 Å². The first-order chi connectivity index (χ1) is 7.34. The smallest absolute Gasteiger partial charge is 0.217 e. The van der Waals surface area contributed by atoms with E-state index >= 15 is 0 Å². The molecule has 5 atom stereocenters. The Hall–Kier alpha value is -0.770. The van der Waals surface area contributed by atoms with E-state index in [-0.39, 0.29) is 0 Å². The number of carbonyl (C=O) groups excluding carboxylic acids is 1. The van der Waals surface area contributed by atoms with E-state index in [1.54, 1.807) is 0 Å². The number of nitrogens with one attached hydrogen (secondary N) is 1. The molecule has 0 aromatic heterocycles. The van der Waals surface area contributed by atoms with Crippen LogP contribution in [0.4, 0.5) is 0 Å². The van der Waals surface area contributed by atoms with E-state index < -0.39 is 42.8 Å². The Morgan fingerprint density at radius 3 is 2.25 bits per heavy atom. The second-order valence-electron chi connectivity index (χ2n) is 3.61. The number of aliphatic hydroxyl groups excluding tert-OH is 4. The second kappa shape index (κ2) is 5.04. The molecule has 1 fully saturated rings. The fraction of sp³-hybridized carbons (Fsp3) is 0.875. The highest BCUT2D eigenvalue weighted by Crippen LogP contribution is 2.21. The van der Waals surface area contributed by atoms with Crippen LogP contribution in [0.5, 0.6) is 0 Å². The van der Waals surface area contributed by atoms with Gasteiger partial charge in [0.25, 0.3) is 0 Å². The summed E-state index contributed by atoms with van der Waals surface area (Å²) in [4.78, 5) is 10.8. The SMILES string of the molecule is CC(=O)N[C@@H]1[C@@H](O)[C@H](O)[C@@H](C(O)O)O[C@H]1O. The monoisotopic (exact) mass is 237 g/mol. The minimum Gasteiger partial charge on any atom is -0.388 e. The molecule has 1 aliphatic heterocycles. The van der Waals surface area contributed by atoms with Gasteiger partial charge in [0.15, 0.2) is 12.6 Å². The molecule has 94 valence electrons. The summed E-state index contributed by atoms with van der Waals surface area (Å²) in [6.07, 6.45) is -8.39. The zero-order valence-corrected chi connectivity index (χ0v) is 8.52. The molecule has 1 saturated heterocycles. The highest BCUT2D eigenvalue weighted by atomic mass is 16.6. The Morgan fingerprint density at radius 2 is 1.81 bits per heavy atom.